The third kappa shape index (κ3) is 2.34. The SMILES string of the molecule is Clc1nc2c(ccc3ccccc32)nc1-c1ccc2ccccc2c1. The molecule has 0 saturated heterocycles. The summed E-state index contributed by atoms with van der Waals surface area (Å²) in [5, 5.41) is 5.00. The van der Waals surface area contributed by atoms with Gasteiger partial charge < -0.3 is 0 Å². The first-order valence-corrected chi connectivity index (χ1v) is 8.51. The Labute approximate surface area is 149 Å². The second-order valence-electron chi connectivity index (χ2n) is 6.08. The molecule has 1 aromatic heterocycles. The van der Waals surface area contributed by atoms with Gasteiger partial charge in [-0.25, -0.2) is 9.97 Å². The lowest BCUT2D eigenvalue weighted by atomic mass is 10.0. The van der Waals surface area contributed by atoms with E-state index in [2.05, 4.69) is 47.4 Å². The zero-order valence-corrected chi connectivity index (χ0v) is 14.0. The molecule has 0 aliphatic carbocycles. The first-order chi connectivity index (χ1) is 12.3. The Morgan fingerprint density at radius 2 is 1.36 bits per heavy atom. The number of fused-ring (bicyclic) bond motifs is 4. The third-order valence-electron chi connectivity index (χ3n) is 4.54. The van der Waals surface area contributed by atoms with Crippen LogP contribution in [0.5, 0.6) is 0 Å². The molecular formula is C22H13ClN2. The van der Waals surface area contributed by atoms with Crippen molar-refractivity contribution < 1.29 is 0 Å². The molecule has 0 radical (unpaired) electrons. The Hall–Kier alpha value is -2.97. The molecule has 0 spiro atoms. The highest BCUT2D eigenvalue weighted by Crippen LogP contribution is 2.31. The molecule has 2 nitrogen and oxygen atoms in total. The summed E-state index contributed by atoms with van der Waals surface area (Å²) >= 11 is 6.52. The van der Waals surface area contributed by atoms with Gasteiger partial charge in [0.25, 0.3) is 0 Å². The van der Waals surface area contributed by atoms with Crippen LogP contribution in [0, 0.1) is 0 Å². The van der Waals surface area contributed by atoms with E-state index in [1.165, 1.54) is 5.39 Å². The number of hydrogen-bond donors (Lipinski definition) is 0. The zero-order valence-electron chi connectivity index (χ0n) is 13.3. The minimum Gasteiger partial charge on any atom is -0.243 e. The Balaban J connectivity index is 1.78. The van der Waals surface area contributed by atoms with Crippen LogP contribution in [-0.4, -0.2) is 9.97 Å². The van der Waals surface area contributed by atoms with Crippen molar-refractivity contribution >= 4 is 44.2 Å². The fourth-order valence-electron chi connectivity index (χ4n) is 3.29. The highest BCUT2D eigenvalue weighted by atomic mass is 35.5. The smallest absolute Gasteiger partial charge is 0.156 e. The fourth-order valence-corrected chi connectivity index (χ4v) is 3.53. The van der Waals surface area contributed by atoms with E-state index >= 15 is 0 Å². The first kappa shape index (κ1) is 14.4. The highest BCUT2D eigenvalue weighted by molar-refractivity contribution is 6.32. The first-order valence-electron chi connectivity index (χ1n) is 8.14. The molecule has 0 aliphatic rings. The molecular weight excluding hydrogens is 328 g/mol. The maximum atomic E-state index is 6.52. The molecule has 4 aromatic carbocycles. The topological polar surface area (TPSA) is 25.8 Å². The lowest BCUT2D eigenvalue weighted by Crippen LogP contribution is -1.92. The van der Waals surface area contributed by atoms with Crippen LogP contribution in [0.1, 0.15) is 0 Å². The van der Waals surface area contributed by atoms with Gasteiger partial charge in [0.15, 0.2) is 5.15 Å². The Morgan fingerprint density at radius 1 is 0.640 bits per heavy atom. The van der Waals surface area contributed by atoms with Crippen molar-refractivity contribution in [3.8, 4) is 11.3 Å². The minimum atomic E-state index is 0.430. The molecule has 0 fully saturated rings. The molecule has 0 unspecified atom stereocenters. The van der Waals surface area contributed by atoms with Crippen LogP contribution < -0.4 is 0 Å². The van der Waals surface area contributed by atoms with E-state index in [0.29, 0.717) is 5.15 Å². The number of nitrogens with zero attached hydrogens (tertiary/aromatic N) is 2. The molecule has 0 saturated carbocycles. The quantitative estimate of drug-likeness (QED) is 0.337. The van der Waals surface area contributed by atoms with Gasteiger partial charge in [-0.15, -0.1) is 0 Å². The number of benzene rings is 4. The fraction of sp³-hybridized carbons (Fsp3) is 0. The monoisotopic (exact) mass is 340 g/mol. The normalized spacial score (nSPS) is 11.4. The van der Waals surface area contributed by atoms with Gasteiger partial charge >= 0.3 is 0 Å². The van der Waals surface area contributed by atoms with Gasteiger partial charge in [-0.05, 0) is 28.3 Å². The highest BCUT2D eigenvalue weighted by Gasteiger charge is 2.11. The summed E-state index contributed by atoms with van der Waals surface area (Å²) < 4.78 is 0. The van der Waals surface area contributed by atoms with Crippen molar-refractivity contribution in [2.75, 3.05) is 0 Å². The molecule has 1 heterocycles. The summed E-state index contributed by atoms with van der Waals surface area (Å²) in [6, 6.07) is 26.7. The van der Waals surface area contributed by atoms with Gasteiger partial charge in [0.05, 0.1) is 11.0 Å². The number of aromatic nitrogens is 2. The molecule has 0 aliphatic heterocycles. The predicted octanol–water partition coefficient (Wildman–Crippen LogP) is 6.26. The van der Waals surface area contributed by atoms with E-state index < -0.39 is 0 Å². The van der Waals surface area contributed by atoms with Gasteiger partial charge in [-0.1, -0.05) is 78.3 Å². The molecule has 0 atom stereocenters. The van der Waals surface area contributed by atoms with E-state index in [1.807, 2.05) is 36.4 Å². The van der Waals surface area contributed by atoms with E-state index in [0.717, 1.165) is 38.4 Å². The van der Waals surface area contributed by atoms with Gasteiger partial charge in [-0.3, -0.25) is 0 Å². The maximum Gasteiger partial charge on any atom is 0.156 e. The molecule has 3 heteroatoms. The lowest BCUT2D eigenvalue weighted by molar-refractivity contribution is 1.30. The second kappa shape index (κ2) is 5.54. The number of halogens is 1. The second-order valence-corrected chi connectivity index (χ2v) is 6.44. The summed E-state index contributed by atoms with van der Waals surface area (Å²) in [6.07, 6.45) is 0. The van der Waals surface area contributed by atoms with E-state index in [4.69, 9.17) is 16.6 Å². The van der Waals surface area contributed by atoms with Crippen LogP contribution in [0.25, 0.3) is 43.8 Å². The molecule has 0 N–H and O–H groups in total. The van der Waals surface area contributed by atoms with E-state index in [1.54, 1.807) is 0 Å². The summed E-state index contributed by atoms with van der Waals surface area (Å²) in [5.41, 5.74) is 3.39. The summed E-state index contributed by atoms with van der Waals surface area (Å²) in [7, 11) is 0. The Bertz CT molecular complexity index is 1260. The van der Waals surface area contributed by atoms with E-state index in [-0.39, 0.29) is 0 Å². The van der Waals surface area contributed by atoms with Crippen molar-refractivity contribution in [1.82, 2.24) is 9.97 Å². The van der Waals surface area contributed by atoms with Crippen molar-refractivity contribution in [3.63, 3.8) is 0 Å². The summed E-state index contributed by atoms with van der Waals surface area (Å²) in [4.78, 5) is 9.47. The van der Waals surface area contributed by atoms with Gasteiger partial charge in [0, 0.05) is 10.9 Å². The van der Waals surface area contributed by atoms with Crippen molar-refractivity contribution in [2.45, 2.75) is 0 Å². The van der Waals surface area contributed by atoms with Crippen LogP contribution >= 0.6 is 11.6 Å². The average Bonchev–Trinajstić information content (AvgIpc) is 2.67. The number of rotatable bonds is 1. The molecule has 0 bridgehead atoms. The lowest BCUT2D eigenvalue weighted by Gasteiger charge is -2.08. The van der Waals surface area contributed by atoms with Crippen LogP contribution in [0.2, 0.25) is 5.15 Å². The van der Waals surface area contributed by atoms with E-state index in [9.17, 15) is 0 Å². The molecule has 5 rings (SSSR count). The van der Waals surface area contributed by atoms with Crippen molar-refractivity contribution in [1.29, 1.82) is 0 Å². The minimum absolute atomic E-state index is 0.430. The third-order valence-corrected chi connectivity index (χ3v) is 4.80. The predicted molar refractivity (Wildman–Crippen MR) is 105 cm³/mol. The Morgan fingerprint density at radius 3 is 2.24 bits per heavy atom. The van der Waals surface area contributed by atoms with Crippen LogP contribution in [-0.2, 0) is 0 Å². The molecule has 0 amide bonds. The van der Waals surface area contributed by atoms with Gasteiger partial charge in [0.1, 0.15) is 5.69 Å². The van der Waals surface area contributed by atoms with Crippen LogP contribution in [0.15, 0.2) is 78.9 Å². The van der Waals surface area contributed by atoms with Gasteiger partial charge in [0.2, 0.25) is 0 Å². The molecule has 5 aromatic rings. The van der Waals surface area contributed by atoms with Crippen molar-refractivity contribution in [3.05, 3.63) is 84.0 Å². The summed E-state index contributed by atoms with van der Waals surface area (Å²) in [5.74, 6) is 0. The van der Waals surface area contributed by atoms with Gasteiger partial charge in [-0.2, -0.15) is 0 Å². The molecule has 118 valence electrons. The Kier molecular flexibility index (Phi) is 3.19. The number of hydrogen-bond acceptors (Lipinski definition) is 2. The zero-order chi connectivity index (χ0) is 16.8. The average molecular weight is 341 g/mol. The standard InChI is InChI=1S/C22H13ClN2/c23-22-20(17-10-9-14-5-1-2-7-16(14)13-17)24-19-12-11-15-6-3-4-8-18(15)21(19)25-22/h1-13H. The van der Waals surface area contributed by atoms with Crippen molar-refractivity contribution in [2.24, 2.45) is 0 Å². The molecule has 25 heavy (non-hydrogen) atoms. The maximum absolute atomic E-state index is 6.52. The van der Waals surface area contributed by atoms with Crippen LogP contribution in [0.4, 0.5) is 0 Å². The largest absolute Gasteiger partial charge is 0.243 e. The summed E-state index contributed by atoms with van der Waals surface area (Å²) in [6.45, 7) is 0. The van der Waals surface area contributed by atoms with Crippen LogP contribution in [0.3, 0.4) is 0 Å².